The van der Waals surface area contributed by atoms with E-state index in [1.54, 1.807) is 0 Å². The second kappa shape index (κ2) is 8.04. The number of hydrogen-bond acceptors (Lipinski definition) is 4. The van der Waals surface area contributed by atoms with Crippen molar-refractivity contribution in [3.63, 3.8) is 0 Å². The molecule has 2 aromatic carbocycles. The summed E-state index contributed by atoms with van der Waals surface area (Å²) in [5.74, 6) is 0.540. The number of amides is 1. The molecule has 3 aromatic rings. The Labute approximate surface area is 163 Å². The number of carbonyl (C=O) groups excluding carboxylic acids is 1. The van der Waals surface area contributed by atoms with E-state index in [0.29, 0.717) is 31.1 Å². The number of rotatable bonds is 5. The third kappa shape index (κ3) is 4.03. The van der Waals surface area contributed by atoms with Gasteiger partial charge in [-0.15, -0.1) is 0 Å². The lowest BCUT2D eigenvalue weighted by Crippen LogP contribution is -2.51. The second-order valence-electron chi connectivity index (χ2n) is 7.18. The first-order chi connectivity index (χ1) is 13.6. The molecule has 2 heterocycles. The van der Waals surface area contributed by atoms with Gasteiger partial charge in [-0.05, 0) is 49.2 Å². The molecule has 1 saturated heterocycles. The molecule has 3 N–H and O–H groups in total. The van der Waals surface area contributed by atoms with E-state index in [4.69, 9.17) is 14.6 Å². The van der Waals surface area contributed by atoms with E-state index in [1.807, 2.05) is 49.4 Å². The molecule has 0 saturated carbocycles. The molecule has 6 heteroatoms. The summed E-state index contributed by atoms with van der Waals surface area (Å²) in [7, 11) is 0. The van der Waals surface area contributed by atoms with Gasteiger partial charge in [-0.3, -0.25) is 4.79 Å². The van der Waals surface area contributed by atoms with Crippen LogP contribution in [0, 0.1) is 6.92 Å². The average molecular weight is 380 g/mol. The molecular formula is C22H24N2O4. The normalized spacial score (nSPS) is 19.5. The molecule has 28 heavy (non-hydrogen) atoms. The van der Waals surface area contributed by atoms with Crippen LogP contribution in [0.25, 0.3) is 10.9 Å². The maximum Gasteiger partial charge on any atom is 0.268 e. The van der Waals surface area contributed by atoms with Crippen LogP contribution >= 0.6 is 0 Å². The maximum absolute atomic E-state index is 12.8. The van der Waals surface area contributed by atoms with Crippen LogP contribution in [0.3, 0.4) is 0 Å². The van der Waals surface area contributed by atoms with E-state index in [0.717, 1.165) is 22.0 Å². The predicted octanol–water partition coefficient (Wildman–Crippen LogP) is 2.93. The van der Waals surface area contributed by atoms with Crippen LogP contribution in [0.1, 0.15) is 28.0 Å². The van der Waals surface area contributed by atoms with Gasteiger partial charge >= 0.3 is 0 Å². The smallest absolute Gasteiger partial charge is 0.268 e. The molecule has 1 amide bonds. The zero-order chi connectivity index (χ0) is 19.5. The van der Waals surface area contributed by atoms with Gasteiger partial charge in [0.25, 0.3) is 5.91 Å². The maximum atomic E-state index is 12.8. The lowest BCUT2D eigenvalue weighted by Gasteiger charge is -2.32. The first kappa shape index (κ1) is 18.5. The van der Waals surface area contributed by atoms with Crippen LogP contribution in [-0.4, -0.2) is 41.4 Å². The fraction of sp³-hybridized carbons (Fsp3) is 0.318. The minimum atomic E-state index is -0.274. The predicted molar refractivity (Wildman–Crippen MR) is 107 cm³/mol. The van der Waals surface area contributed by atoms with E-state index in [-0.39, 0.29) is 24.7 Å². The molecule has 1 fully saturated rings. The van der Waals surface area contributed by atoms with E-state index < -0.39 is 0 Å². The highest BCUT2D eigenvalue weighted by molar-refractivity contribution is 5.98. The van der Waals surface area contributed by atoms with Crippen molar-refractivity contribution in [3.8, 4) is 5.75 Å². The number of benzene rings is 2. The van der Waals surface area contributed by atoms with Crippen LogP contribution in [0.2, 0.25) is 0 Å². The van der Waals surface area contributed by atoms with Gasteiger partial charge in [0.15, 0.2) is 0 Å². The minimum absolute atomic E-state index is 0.00444. The Morgan fingerprint density at radius 3 is 2.86 bits per heavy atom. The van der Waals surface area contributed by atoms with Gasteiger partial charge in [-0.25, -0.2) is 0 Å². The molecule has 0 unspecified atom stereocenters. The Morgan fingerprint density at radius 2 is 2.07 bits per heavy atom. The van der Waals surface area contributed by atoms with Crippen molar-refractivity contribution in [1.82, 2.24) is 10.3 Å². The number of carbonyl (C=O) groups is 1. The number of aromatic nitrogens is 1. The summed E-state index contributed by atoms with van der Waals surface area (Å²) in [6.07, 6.45) is 0.411. The molecule has 2 atom stereocenters. The van der Waals surface area contributed by atoms with Gasteiger partial charge in [-0.2, -0.15) is 0 Å². The Morgan fingerprint density at radius 1 is 1.25 bits per heavy atom. The van der Waals surface area contributed by atoms with Gasteiger partial charge in [0, 0.05) is 17.5 Å². The zero-order valence-electron chi connectivity index (χ0n) is 15.8. The number of aromatic amines is 1. The van der Waals surface area contributed by atoms with Crippen molar-refractivity contribution in [3.05, 3.63) is 65.4 Å². The standard InChI is InChI=1S/C22H24N2O4/c1-14-2-7-18-16(10-14)11-20(23-18)22(26)24-19-8-9-27-13-21(19)28-17-5-3-15(12-25)4-6-17/h2-7,10-11,19,21,23,25H,8-9,12-13H2,1H3,(H,24,26)/t19-,21-/m1/s1. The van der Waals surface area contributed by atoms with Gasteiger partial charge in [0.2, 0.25) is 0 Å². The minimum Gasteiger partial charge on any atom is -0.486 e. The van der Waals surface area contributed by atoms with Gasteiger partial charge in [0.1, 0.15) is 17.5 Å². The van der Waals surface area contributed by atoms with Crippen molar-refractivity contribution >= 4 is 16.8 Å². The van der Waals surface area contributed by atoms with E-state index in [2.05, 4.69) is 16.4 Å². The topological polar surface area (TPSA) is 83.6 Å². The summed E-state index contributed by atoms with van der Waals surface area (Å²) >= 11 is 0. The van der Waals surface area contributed by atoms with Crippen molar-refractivity contribution in [2.24, 2.45) is 0 Å². The third-order valence-corrected chi connectivity index (χ3v) is 5.03. The van der Waals surface area contributed by atoms with Crippen molar-refractivity contribution in [1.29, 1.82) is 0 Å². The molecule has 4 rings (SSSR count). The molecule has 1 aliphatic heterocycles. The number of fused-ring (bicyclic) bond motifs is 1. The van der Waals surface area contributed by atoms with Crippen molar-refractivity contribution < 1.29 is 19.4 Å². The van der Waals surface area contributed by atoms with Crippen LogP contribution in [-0.2, 0) is 11.3 Å². The summed E-state index contributed by atoms with van der Waals surface area (Å²) in [6, 6.07) is 15.1. The summed E-state index contributed by atoms with van der Waals surface area (Å²) in [5.41, 5.74) is 3.47. The van der Waals surface area contributed by atoms with Gasteiger partial charge in [-0.1, -0.05) is 23.8 Å². The number of aliphatic hydroxyl groups excluding tert-OH is 1. The molecule has 0 bridgehead atoms. The second-order valence-corrected chi connectivity index (χ2v) is 7.18. The molecule has 1 aliphatic rings. The van der Waals surface area contributed by atoms with Crippen LogP contribution in [0.5, 0.6) is 5.75 Å². The number of hydrogen-bond donors (Lipinski definition) is 3. The van der Waals surface area contributed by atoms with E-state index in [1.165, 1.54) is 0 Å². The Hall–Kier alpha value is -2.83. The highest BCUT2D eigenvalue weighted by atomic mass is 16.5. The summed E-state index contributed by atoms with van der Waals surface area (Å²) in [6.45, 7) is 3.03. The first-order valence-electron chi connectivity index (χ1n) is 9.47. The van der Waals surface area contributed by atoms with Crippen LogP contribution < -0.4 is 10.1 Å². The lowest BCUT2D eigenvalue weighted by atomic mass is 10.1. The first-order valence-corrected chi connectivity index (χ1v) is 9.47. The molecule has 6 nitrogen and oxygen atoms in total. The third-order valence-electron chi connectivity index (χ3n) is 5.03. The molecular weight excluding hydrogens is 356 g/mol. The van der Waals surface area contributed by atoms with Crippen LogP contribution in [0.15, 0.2) is 48.5 Å². The molecule has 0 radical (unpaired) electrons. The number of H-pyrrole nitrogens is 1. The Bertz CT molecular complexity index is 964. The number of aliphatic hydroxyl groups is 1. The largest absolute Gasteiger partial charge is 0.486 e. The SMILES string of the molecule is Cc1ccc2[nH]c(C(=O)N[C@@H]3CCOC[C@H]3Oc3ccc(CO)cc3)cc2c1. The van der Waals surface area contributed by atoms with Crippen molar-refractivity contribution in [2.75, 3.05) is 13.2 Å². The summed E-state index contributed by atoms with van der Waals surface area (Å²) < 4.78 is 11.6. The fourth-order valence-corrected chi connectivity index (χ4v) is 3.46. The highest BCUT2D eigenvalue weighted by Gasteiger charge is 2.29. The quantitative estimate of drug-likeness (QED) is 0.636. The zero-order valence-corrected chi connectivity index (χ0v) is 15.8. The Kier molecular flexibility index (Phi) is 5.32. The number of nitrogens with one attached hydrogen (secondary N) is 2. The van der Waals surface area contributed by atoms with Crippen LogP contribution in [0.4, 0.5) is 0 Å². The number of ether oxygens (including phenoxy) is 2. The Balaban J connectivity index is 1.46. The summed E-state index contributed by atoms with van der Waals surface area (Å²) in [4.78, 5) is 16.0. The molecule has 1 aromatic heterocycles. The summed E-state index contributed by atoms with van der Waals surface area (Å²) in [5, 5.41) is 13.3. The molecule has 146 valence electrons. The highest BCUT2D eigenvalue weighted by Crippen LogP contribution is 2.20. The van der Waals surface area contributed by atoms with E-state index >= 15 is 0 Å². The molecule has 0 spiro atoms. The average Bonchev–Trinajstić information content (AvgIpc) is 3.13. The van der Waals surface area contributed by atoms with Gasteiger partial charge in [0.05, 0.1) is 19.3 Å². The number of aryl methyl sites for hydroxylation is 1. The monoisotopic (exact) mass is 380 g/mol. The van der Waals surface area contributed by atoms with E-state index in [9.17, 15) is 4.79 Å². The molecule has 0 aliphatic carbocycles. The lowest BCUT2D eigenvalue weighted by molar-refractivity contribution is -0.0135. The van der Waals surface area contributed by atoms with Gasteiger partial charge < -0.3 is 24.9 Å². The fourth-order valence-electron chi connectivity index (χ4n) is 3.46. The van der Waals surface area contributed by atoms with Crippen molar-refractivity contribution in [2.45, 2.75) is 32.1 Å².